The molecule has 2 amide bonds. The van der Waals surface area contributed by atoms with Crippen LogP contribution in [0.3, 0.4) is 0 Å². The third kappa shape index (κ3) is 3.28. The summed E-state index contributed by atoms with van der Waals surface area (Å²) < 4.78 is 0. The van der Waals surface area contributed by atoms with Crippen LogP contribution in [0.25, 0.3) is 10.6 Å². The van der Waals surface area contributed by atoms with E-state index in [2.05, 4.69) is 10.6 Å². The Bertz CT molecular complexity index is 758. The molecule has 0 aromatic heterocycles. The number of fused-ring (bicyclic) bond motifs is 2. The predicted octanol–water partition coefficient (Wildman–Crippen LogP) is 5.02. The van der Waals surface area contributed by atoms with Crippen molar-refractivity contribution < 1.29 is 30.7 Å². The predicted molar refractivity (Wildman–Crippen MR) is 95.0 cm³/mol. The molecule has 25 heavy (non-hydrogen) atoms. The van der Waals surface area contributed by atoms with Crippen molar-refractivity contribution in [2.45, 2.75) is 38.5 Å². The zero-order valence-corrected chi connectivity index (χ0v) is 17.7. The van der Waals surface area contributed by atoms with E-state index < -0.39 is 10.8 Å². The van der Waals surface area contributed by atoms with Crippen molar-refractivity contribution in [2.24, 2.45) is 0 Å². The molecular weight excluding hydrogens is 484 g/mol. The van der Waals surface area contributed by atoms with E-state index in [1.165, 1.54) is 0 Å². The number of nitrogens with zero attached hydrogens (tertiary/aromatic N) is 2. The zero-order chi connectivity index (χ0) is 17.5. The first-order valence-corrected chi connectivity index (χ1v) is 7.96. The van der Waals surface area contributed by atoms with E-state index in [1.807, 2.05) is 76.2 Å². The van der Waals surface area contributed by atoms with E-state index in [4.69, 9.17) is 0 Å². The first-order valence-electron chi connectivity index (χ1n) is 7.96. The maximum atomic E-state index is 11.4. The average Bonchev–Trinajstić information content (AvgIpc) is 2.92. The van der Waals surface area contributed by atoms with Crippen molar-refractivity contribution in [3.63, 3.8) is 0 Å². The molecule has 0 N–H and O–H groups in total. The third-order valence-electron chi connectivity index (χ3n) is 4.67. The van der Waals surface area contributed by atoms with Gasteiger partial charge in [0.25, 0.3) is 0 Å². The second-order valence-corrected chi connectivity index (χ2v) is 7.12. The number of benzene rings is 2. The molecule has 0 unspecified atom stereocenters. The Hall–Kier alpha value is -1.93. The number of carbonyl (C=O) groups is 2. The molecule has 5 heteroatoms. The minimum Gasteiger partial charge on any atom is -0.626 e. The minimum absolute atomic E-state index is 0. The van der Waals surface area contributed by atoms with Gasteiger partial charge in [-0.25, -0.2) is 0 Å². The van der Waals surface area contributed by atoms with Crippen LogP contribution in [-0.4, -0.2) is 11.8 Å². The summed E-state index contributed by atoms with van der Waals surface area (Å²) in [7, 11) is 0. The van der Waals surface area contributed by atoms with Crippen molar-refractivity contribution >= 4 is 23.2 Å². The average molecular weight is 504 g/mol. The van der Waals surface area contributed by atoms with Gasteiger partial charge in [-0.15, -0.1) is 11.4 Å². The molecule has 4 nitrogen and oxygen atoms in total. The van der Waals surface area contributed by atoms with Crippen LogP contribution in [-0.2, 0) is 41.5 Å². The largest absolute Gasteiger partial charge is 2.00 e. The van der Waals surface area contributed by atoms with Crippen LogP contribution in [0.2, 0.25) is 0 Å². The van der Waals surface area contributed by atoms with Crippen molar-refractivity contribution in [1.29, 1.82) is 0 Å². The fourth-order valence-electron chi connectivity index (χ4n) is 2.93. The number of amides is 2. The summed E-state index contributed by atoms with van der Waals surface area (Å²) in [5.41, 5.74) is 2.89. The molecule has 0 radical (unpaired) electrons. The first-order chi connectivity index (χ1) is 11.2. The monoisotopic (exact) mass is 504 g/mol. The second kappa shape index (κ2) is 6.76. The summed E-state index contributed by atoms with van der Waals surface area (Å²) in [6.45, 7) is 7.63. The van der Waals surface area contributed by atoms with Gasteiger partial charge in [-0.1, -0.05) is 87.4 Å². The summed E-state index contributed by atoms with van der Waals surface area (Å²) in [6.07, 6.45) is 0. The third-order valence-corrected chi connectivity index (χ3v) is 4.67. The number of para-hydroxylation sites is 2. The van der Waals surface area contributed by atoms with Crippen molar-refractivity contribution in [2.75, 3.05) is 0 Å². The van der Waals surface area contributed by atoms with Gasteiger partial charge in [0.05, 0.1) is 11.8 Å². The van der Waals surface area contributed by atoms with Gasteiger partial charge < -0.3 is 20.2 Å². The standard InChI is InChI=1S/2C10H11NO.W/c2*1-10(2)7-5-3-4-6-8(7)11-9(10)12;/h2*3-6H,1-2H3,(H,11,12);/q;;+2/p-2. The second-order valence-electron chi connectivity index (χ2n) is 7.12. The van der Waals surface area contributed by atoms with Crippen LogP contribution >= 0.6 is 0 Å². The van der Waals surface area contributed by atoms with Crippen LogP contribution in [0, 0.1) is 0 Å². The maximum Gasteiger partial charge on any atom is 2.00 e. The van der Waals surface area contributed by atoms with Gasteiger partial charge in [-0.2, -0.15) is 0 Å². The van der Waals surface area contributed by atoms with Gasteiger partial charge in [0.15, 0.2) is 0 Å². The van der Waals surface area contributed by atoms with Crippen molar-refractivity contribution in [1.82, 2.24) is 0 Å². The maximum absolute atomic E-state index is 11.4. The van der Waals surface area contributed by atoms with Gasteiger partial charge in [-0.05, 0) is 0 Å². The normalized spacial score (nSPS) is 17.9. The molecule has 2 aromatic carbocycles. The molecule has 2 aliphatic heterocycles. The molecule has 0 saturated carbocycles. The fourth-order valence-corrected chi connectivity index (χ4v) is 2.93. The Morgan fingerprint density at radius 2 is 0.960 bits per heavy atom. The molecule has 4 rings (SSSR count). The molecule has 0 saturated heterocycles. The summed E-state index contributed by atoms with van der Waals surface area (Å²) in [5.74, 6) is -0.0765. The van der Waals surface area contributed by atoms with Gasteiger partial charge in [0.1, 0.15) is 0 Å². The Morgan fingerprint density at radius 3 is 1.28 bits per heavy atom. The molecule has 0 spiro atoms. The molecule has 0 fully saturated rings. The van der Waals surface area contributed by atoms with Crippen LogP contribution < -0.4 is 0 Å². The first kappa shape index (κ1) is 19.4. The smallest absolute Gasteiger partial charge is 0.626 e. The van der Waals surface area contributed by atoms with Crippen LogP contribution in [0.4, 0.5) is 11.4 Å². The van der Waals surface area contributed by atoms with Crippen molar-refractivity contribution in [3.8, 4) is 0 Å². The van der Waals surface area contributed by atoms with E-state index in [9.17, 15) is 9.59 Å². The Kier molecular flexibility index (Phi) is 5.24. The number of rotatable bonds is 0. The molecule has 0 atom stereocenters. The summed E-state index contributed by atoms with van der Waals surface area (Å²) in [5, 5.41) is 7.93. The molecule has 0 aliphatic carbocycles. The summed E-state index contributed by atoms with van der Waals surface area (Å²) in [6, 6.07) is 15.4. The SMILES string of the molecule is CC1(C)C(=O)[N-]c2ccccc21.CC1(C)C(=O)[N-]c2ccccc21.[W+2]. The van der Waals surface area contributed by atoms with Gasteiger partial charge >= 0.3 is 21.1 Å². The number of hydrogen-bond donors (Lipinski definition) is 0. The summed E-state index contributed by atoms with van der Waals surface area (Å²) in [4.78, 5) is 22.8. The van der Waals surface area contributed by atoms with Crippen LogP contribution in [0.1, 0.15) is 38.8 Å². The van der Waals surface area contributed by atoms with Crippen LogP contribution in [0.15, 0.2) is 48.5 Å². The Labute approximate surface area is 162 Å². The topological polar surface area (TPSA) is 62.3 Å². The van der Waals surface area contributed by atoms with Gasteiger partial charge in [0.2, 0.25) is 0 Å². The number of hydrogen-bond acceptors (Lipinski definition) is 2. The molecule has 0 bridgehead atoms. The molecule has 128 valence electrons. The molecule has 2 heterocycles. The molecule has 2 aliphatic rings. The quantitative estimate of drug-likeness (QED) is 0.506. The molecular formula is C20H20N2O2W. The van der Waals surface area contributed by atoms with E-state index in [0.717, 1.165) is 22.5 Å². The zero-order valence-electron chi connectivity index (χ0n) is 14.7. The van der Waals surface area contributed by atoms with Crippen molar-refractivity contribution in [3.05, 3.63) is 70.3 Å². The summed E-state index contributed by atoms with van der Waals surface area (Å²) >= 11 is 0. The fraction of sp³-hybridized carbons (Fsp3) is 0.300. The van der Waals surface area contributed by atoms with E-state index in [0.29, 0.717) is 0 Å². The number of carbonyl (C=O) groups excluding carboxylic acids is 2. The molecule has 2 aromatic rings. The van der Waals surface area contributed by atoms with E-state index in [1.54, 1.807) is 0 Å². The Morgan fingerprint density at radius 1 is 0.640 bits per heavy atom. The minimum atomic E-state index is -0.420. The van der Waals surface area contributed by atoms with E-state index in [-0.39, 0.29) is 32.9 Å². The van der Waals surface area contributed by atoms with Gasteiger partial charge in [0, 0.05) is 10.8 Å². The van der Waals surface area contributed by atoms with Crippen LogP contribution in [0.5, 0.6) is 0 Å². The van der Waals surface area contributed by atoms with E-state index >= 15 is 0 Å². The van der Waals surface area contributed by atoms with Gasteiger partial charge in [-0.3, -0.25) is 0 Å². The Balaban J connectivity index is 0.000000173.